The molecule has 0 aliphatic heterocycles. The van der Waals surface area contributed by atoms with Gasteiger partial charge >= 0.3 is 11.9 Å². The number of benzene rings is 3. The SMILES string of the molecule is O=C(O)c1ccc(Sc2ccccc2)c(C(=O)O)c1Sc1ccccc1. The minimum atomic E-state index is -1.15. The number of aromatic carboxylic acids is 2. The third-order valence-electron chi connectivity index (χ3n) is 3.50. The van der Waals surface area contributed by atoms with Gasteiger partial charge in [0.05, 0.1) is 11.1 Å². The summed E-state index contributed by atoms with van der Waals surface area (Å²) in [6.07, 6.45) is 0. The van der Waals surface area contributed by atoms with E-state index in [1.807, 2.05) is 60.7 Å². The Bertz CT molecular complexity index is 941. The molecule has 4 nitrogen and oxygen atoms in total. The Morgan fingerprint density at radius 3 is 1.69 bits per heavy atom. The molecule has 0 radical (unpaired) electrons. The van der Waals surface area contributed by atoms with Crippen LogP contribution in [0.4, 0.5) is 0 Å². The van der Waals surface area contributed by atoms with Crippen molar-refractivity contribution in [3.8, 4) is 0 Å². The lowest BCUT2D eigenvalue weighted by Gasteiger charge is -2.14. The molecule has 0 atom stereocenters. The number of hydrogen-bond acceptors (Lipinski definition) is 4. The summed E-state index contributed by atoms with van der Waals surface area (Å²) in [5.41, 5.74) is -0.0127. The molecule has 0 amide bonds. The largest absolute Gasteiger partial charge is 0.478 e. The van der Waals surface area contributed by atoms with Crippen molar-refractivity contribution in [3.05, 3.63) is 83.9 Å². The van der Waals surface area contributed by atoms with Crippen LogP contribution in [0.15, 0.2) is 92.4 Å². The van der Waals surface area contributed by atoms with Gasteiger partial charge in [0.1, 0.15) is 0 Å². The summed E-state index contributed by atoms with van der Waals surface area (Å²) >= 11 is 2.45. The first-order valence-electron chi connectivity index (χ1n) is 7.65. The molecule has 0 aromatic heterocycles. The van der Waals surface area contributed by atoms with Crippen molar-refractivity contribution in [2.75, 3.05) is 0 Å². The average molecular weight is 382 g/mol. The van der Waals surface area contributed by atoms with Crippen LogP contribution in [0.2, 0.25) is 0 Å². The van der Waals surface area contributed by atoms with Gasteiger partial charge < -0.3 is 10.2 Å². The second kappa shape index (κ2) is 8.12. The highest BCUT2D eigenvalue weighted by molar-refractivity contribution is 8.00. The van der Waals surface area contributed by atoms with E-state index in [1.54, 1.807) is 6.07 Å². The molecule has 0 saturated carbocycles. The van der Waals surface area contributed by atoms with Crippen molar-refractivity contribution in [2.24, 2.45) is 0 Å². The lowest BCUT2D eigenvalue weighted by molar-refractivity contribution is 0.0687. The van der Waals surface area contributed by atoms with E-state index in [-0.39, 0.29) is 16.0 Å². The van der Waals surface area contributed by atoms with Gasteiger partial charge in [0.15, 0.2) is 0 Å². The van der Waals surface area contributed by atoms with Crippen molar-refractivity contribution in [1.82, 2.24) is 0 Å². The lowest BCUT2D eigenvalue weighted by atomic mass is 10.1. The predicted molar refractivity (Wildman–Crippen MR) is 101 cm³/mol. The minimum Gasteiger partial charge on any atom is -0.478 e. The summed E-state index contributed by atoms with van der Waals surface area (Å²) in [5.74, 6) is -2.30. The van der Waals surface area contributed by atoms with E-state index in [2.05, 4.69) is 0 Å². The molecular formula is C20H14O4S2. The third-order valence-corrected chi connectivity index (χ3v) is 5.70. The van der Waals surface area contributed by atoms with Gasteiger partial charge in [-0.2, -0.15) is 0 Å². The van der Waals surface area contributed by atoms with E-state index < -0.39 is 11.9 Å². The Morgan fingerprint density at radius 1 is 0.654 bits per heavy atom. The number of hydrogen-bond donors (Lipinski definition) is 2. The van der Waals surface area contributed by atoms with Gasteiger partial charge in [0.2, 0.25) is 0 Å². The van der Waals surface area contributed by atoms with Crippen molar-refractivity contribution >= 4 is 35.5 Å². The summed E-state index contributed by atoms with van der Waals surface area (Å²) in [6.45, 7) is 0. The molecule has 3 aromatic carbocycles. The van der Waals surface area contributed by atoms with Crippen LogP contribution in [0, 0.1) is 0 Å². The average Bonchev–Trinajstić information content (AvgIpc) is 2.63. The van der Waals surface area contributed by atoms with Crippen LogP contribution in [-0.4, -0.2) is 22.2 Å². The van der Waals surface area contributed by atoms with Crippen LogP contribution >= 0.6 is 23.5 Å². The fraction of sp³-hybridized carbons (Fsp3) is 0. The molecule has 0 fully saturated rings. The molecule has 0 heterocycles. The standard InChI is InChI=1S/C20H14O4S2/c21-19(22)15-11-12-16(25-13-7-3-1-4-8-13)17(20(23)24)18(15)26-14-9-5-2-6-10-14/h1-12H,(H,21,22)(H,23,24). The lowest BCUT2D eigenvalue weighted by Crippen LogP contribution is -2.08. The number of carboxylic acid groups (broad SMARTS) is 2. The fourth-order valence-corrected chi connectivity index (χ4v) is 4.48. The first kappa shape index (κ1) is 18.1. The molecule has 0 aliphatic rings. The van der Waals surface area contributed by atoms with E-state index in [0.29, 0.717) is 4.90 Å². The van der Waals surface area contributed by atoms with E-state index in [4.69, 9.17) is 0 Å². The molecule has 2 N–H and O–H groups in total. The first-order chi connectivity index (χ1) is 12.6. The maximum Gasteiger partial charge on any atom is 0.338 e. The van der Waals surface area contributed by atoms with Gasteiger partial charge in [-0.25, -0.2) is 9.59 Å². The molecule has 0 spiro atoms. The van der Waals surface area contributed by atoms with Gasteiger partial charge in [-0.3, -0.25) is 0 Å². The van der Waals surface area contributed by atoms with Crippen LogP contribution in [0.1, 0.15) is 20.7 Å². The first-order valence-corrected chi connectivity index (χ1v) is 9.29. The summed E-state index contributed by atoms with van der Waals surface area (Å²) < 4.78 is 0. The zero-order chi connectivity index (χ0) is 18.5. The topological polar surface area (TPSA) is 74.6 Å². The van der Waals surface area contributed by atoms with Crippen LogP contribution in [0.5, 0.6) is 0 Å². The predicted octanol–water partition coefficient (Wildman–Crippen LogP) is 5.39. The molecule has 0 aliphatic carbocycles. The van der Waals surface area contributed by atoms with Crippen molar-refractivity contribution in [2.45, 2.75) is 19.6 Å². The molecule has 0 unspecified atom stereocenters. The Kier molecular flexibility index (Phi) is 5.65. The normalized spacial score (nSPS) is 10.5. The van der Waals surface area contributed by atoms with E-state index in [0.717, 1.165) is 21.6 Å². The maximum atomic E-state index is 12.0. The number of rotatable bonds is 6. The summed E-state index contributed by atoms with van der Waals surface area (Å²) in [4.78, 5) is 26.0. The fourth-order valence-electron chi connectivity index (χ4n) is 2.35. The monoisotopic (exact) mass is 382 g/mol. The Hall–Kier alpha value is -2.70. The molecule has 130 valence electrons. The third kappa shape index (κ3) is 4.09. The van der Waals surface area contributed by atoms with Gasteiger partial charge in [0.25, 0.3) is 0 Å². The maximum absolute atomic E-state index is 12.0. The summed E-state index contributed by atoms with van der Waals surface area (Å²) in [6, 6.07) is 21.5. The quantitative estimate of drug-likeness (QED) is 0.596. The van der Waals surface area contributed by atoms with E-state index >= 15 is 0 Å². The smallest absolute Gasteiger partial charge is 0.338 e. The van der Waals surface area contributed by atoms with Crippen molar-refractivity contribution in [1.29, 1.82) is 0 Å². The van der Waals surface area contributed by atoms with Crippen LogP contribution in [0.3, 0.4) is 0 Å². The molecule has 3 rings (SSSR count). The molecule has 3 aromatic rings. The molecule has 0 saturated heterocycles. The highest BCUT2D eigenvalue weighted by Gasteiger charge is 2.23. The second-order valence-electron chi connectivity index (χ2n) is 5.26. The highest BCUT2D eigenvalue weighted by atomic mass is 32.2. The molecule has 0 bridgehead atoms. The van der Waals surface area contributed by atoms with Crippen LogP contribution < -0.4 is 0 Å². The second-order valence-corrected chi connectivity index (χ2v) is 7.46. The Balaban J connectivity index is 2.13. The highest BCUT2D eigenvalue weighted by Crippen LogP contribution is 2.40. The van der Waals surface area contributed by atoms with Gasteiger partial charge in [0, 0.05) is 19.6 Å². The van der Waals surface area contributed by atoms with Gasteiger partial charge in [-0.05, 0) is 36.4 Å². The van der Waals surface area contributed by atoms with Crippen molar-refractivity contribution < 1.29 is 19.8 Å². The summed E-state index contributed by atoms with van der Waals surface area (Å²) in [5, 5.41) is 19.3. The van der Waals surface area contributed by atoms with Gasteiger partial charge in [-0.15, -0.1) is 0 Å². The zero-order valence-electron chi connectivity index (χ0n) is 13.5. The molecule has 6 heteroatoms. The van der Waals surface area contributed by atoms with Crippen LogP contribution in [0.25, 0.3) is 0 Å². The Morgan fingerprint density at radius 2 is 1.19 bits per heavy atom. The zero-order valence-corrected chi connectivity index (χ0v) is 15.1. The summed E-state index contributed by atoms with van der Waals surface area (Å²) in [7, 11) is 0. The van der Waals surface area contributed by atoms with E-state index in [1.165, 1.54) is 17.8 Å². The van der Waals surface area contributed by atoms with Crippen molar-refractivity contribution in [3.63, 3.8) is 0 Å². The molecule has 26 heavy (non-hydrogen) atoms. The minimum absolute atomic E-state index is 0.00704. The van der Waals surface area contributed by atoms with Crippen LogP contribution in [-0.2, 0) is 0 Å². The number of carbonyl (C=O) groups is 2. The molecular weight excluding hydrogens is 368 g/mol. The number of carboxylic acids is 2. The van der Waals surface area contributed by atoms with Gasteiger partial charge in [-0.1, -0.05) is 59.9 Å². The van der Waals surface area contributed by atoms with E-state index in [9.17, 15) is 19.8 Å². The Labute approximate surface area is 158 Å².